The SMILES string of the molecule is O=S(=O)([O-])OC1=c2cc(Br)cc(Br)c2=NC1=C1N=c2c(Br)cc(Br)cc2=C1OS(=O)(=O)[O-].[Na+].[Na+]. The maximum Gasteiger partial charge on any atom is 1.00 e. The number of hydrogen-bond donors (Lipinski definition) is 0. The van der Waals surface area contributed by atoms with E-state index in [4.69, 9.17) is 0 Å². The van der Waals surface area contributed by atoms with Crippen molar-refractivity contribution in [3.8, 4) is 0 Å². The predicted molar refractivity (Wildman–Crippen MR) is 121 cm³/mol. The first-order valence-corrected chi connectivity index (χ1v) is 13.8. The minimum atomic E-state index is -5.27. The molecule has 0 spiro atoms. The minimum Gasteiger partial charge on any atom is -0.716 e. The van der Waals surface area contributed by atoms with Gasteiger partial charge in [-0.3, -0.25) is 0 Å². The fraction of sp³-hybridized carbons (Fsp3) is 0. The van der Waals surface area contributed by atoms with Gasteiger partial charge in [-0.1, -0.05) is 31.9 Å². The molecule has 0 bridgehead atoms. The zero-order valence-electron chi connectivity index (χ0n) is 16.8. The van der Waals surface area contributed by atoms with Gasteiger partial charge < -0.3 is 17.5 Å². The molecule has 0 saturated carbocycles. The van der Waals surface area contributed by atoms with Crippen LogP contribution in [0.1, 0.15) is 0 Å². The van der Waals surface area contributed by atoms with Crippen LogP contribution in [0.3, 0.4) is 0 Å². The summed E-state index contributed by atoms with van der Waals surface area (Å²) in [5.41, 5.74) is -0.646. The van der Waals surface area contributed by atoms with E-state index in [1.807, 2.05) is 0 Å². The van der Waals surface area contributed by atoms with Gasteiger partial charge >= 0.3 is 59.1 Å². The van der Waals surface area contributed by atoms with Crippen molar-refractivity contribution in [3.05, 3.63) is 74.7 Å². The summed E-state index contributed by atoms with van der Waals surface area (Å²) in [7, 11) is -10.5. The Balaban J connectivity index is 0.00000204. The van der Waals surface area contributed by atoms with Crippen LogP contribution in [0.4, 0.5) is 0 Å². The van der Waals surface area contributed by atoms with Crippen LogP contribution in [0.25, 0.3) is 11.5 Å². The summed E-state index contributed by atoms with van der Waals surface area (Å²) in [5.74, 6) is -1.02. The Morgan fingerprint density at radius 3 is 1.26 bits per heavy atom. The minimum absolute atomic E-state index is 0. The maximum atomic E-state index is 11.4. The largest absolute Gasteiger partial charge is 1.00 e. The van der Waals surface area contributed by atoms with Crippen LogP contribution < -0.4 is 80.3 Å². The van der Waals surface area contributed by atoms with Crippen LogP contribution in [0, 0.1) is 0 Å². The Labute approximate surface area is 270 Å². The van der Waals surface area contributed by atoms with E-state index in [0.717, 1.165) is 0 Å². The van der Waals surface area contributed by atoms with Crippen molar-refractivity contribution in [2.24, 2.45) is 9.98 Å². The molecule has 10 nitrogen and oxygen atoms in total. The van der Waals surface area contributed by atoms with Crippen LogP contribution in [0.2, 0.25) is 0 Å². The van der Waals surface area contributed by atoms with Crippen molar-refractivity contribution in [3.63, 3.8) is 0 Å². The molecule has 0 unspecified atom stereocenters. The monoisotopic (exact) mass is 778 g/mol. The van der Waals surface area contributed by atoms with E-state index in [2.05, 4.69) is 82.1 Å². The van der Waals surface area contributed by atoms with Gasteiger partial charge in [0, 0.05) is 28.3 Å². The van der Waals surface area contributed by atoms with Gasteiger partial charge in [-0.15, -0.1) is 0 Å². The first-order valence-electron chi connectivity index (χ1n) is 7.95. The summed E-state index contributed by atoms with van der Waals surface area (Å²) in [6.07, 6.45) is 0. The van der Waals surface area contributed by atoms with Gasteiger partial charge in [-0.05, 0) is 56.1 Å². The van der Waals surface area contributed by atoms with Gasteiger partial charge in [0.2, 0.25) is 0 Å². The van der Waals surface area contributed by atoms with Crippen molar-refractivity contribution in [2.45, 2.75) is 0 Å². The first kappa shape index (κ1) is 31.1. The molecule has 0 atom stereocenters. The molecule has 2 heterocycles. The number of halogens is 4. The molecule has 2 aromatic carbocycles. The van der Waals surface area contributed by atoms with Crippen molar-refractivity contribution in [2.75, 3.05) is 0 Å². The Morgan fingerprint density at radius 1 is 0.647 bits per heavy atom. The molecular formula is C16H4Br4N2Na2O8S2. The van der Waals surface area contributed by atoms with Crippen LogP contribution >= 0.6 is 63.7 Å². The zero-order valence-corrected chi connectivity index (χ0v) is 28.8. The fourth-order valence-electron chi connectivity index (χ4n) is 2.98. The molecule has 2 aromatic rings. The number of fused-ring (bicyclic) bond motifs is 2. The van der Waals surface area contributed by atoms with Gasteiger partial charge in [-0.2, -0.15) is 0 Å². The van der Waals surface area contributed by atoms with E-state index in [0.29, 0.717) is 17.9 Å². The third kappa shape index (κ3) is 6.64. The summed E-state index contributed by atoms with van der Waals surface area (Å²) < 4.78 is 79.7. The van der Waals surface area contributed by atoms with Gasteiger partial charge in [0.1, 0.15) is 11.4 Å². The molecular weight excluding hydrogens is 778 g/mol. The molecule has 0 amide bonds. The second-order valence-electron chi connectivity index (χ2n) is 6.13. The molecule has 0 N–H and O–H groups in total. The molecule has 4 rings (SSSR count). The maximum absolute atomic E-state index is 11.4. The molecule has 168 valence electrons. The Bertz CT molecular complexity index is 1600. The average molecular weight is 782 g/mol. The topological polar surface area (TPSA) is 158 Å². The zero-order chi connectivity index (χ0) is 23.6. The average Bonchev–Trinajstić information content (AvgIpc) is 3.12. The van der Waals surface area contributed by atoms with Crippen LogP contribution in [0.15, 0.2) is 63.5 Å². The number of benzene rings is 2. The Kier molecular flexibility index (Phi) is 10.3. The van der Waals surface area contributed by atoms with Crippen LogP contribution in [-0.4, -0.2) is 25.9 Å². The second-order valence-corrected chi connectivity index (χ2v) is 11.6. The van der Waals surface area contributed by atoms with E-state index in [1.54, 1.807) is 12.1 Å². The van der Waals surface area contributed by atoms with Gasteiger partial charge in [0.25, 0.3) is 20.8 Å². The number of hydrogen-bond acceptors (Lipinski definition) is 10. The van der Waals surface area contributed by atoms with Gasteiger partial charge in [0.05, 0.1) is 10.7 Å². The molecule has 18 heteroatoms. The summed E-state index contributed by atoms with van der Waals surface area (Å²) in [6, 6.07) is 6.10. The predicted octanol–water partition coefficient (Wildman–Crippen LogP) is -4.91. The smallest absolute Gasteiger partial charge is 0.716 e. The van der Waals surface area contributed by atoms with Crippen molar-refractivity contribution in [1.29, 1.82) is 0 Å². The van der Waals surface area contributed by atoms with Crippen molar-refractivity contribution >= 4 is 96.0 Å². The molecule has 34 heavy (non-hydrogen) atoms. The number of rotatable bonds is 4. The number of nitrogens with zero attached hydrogens (tertiary/aromatic N) is 2. The summed E-state index contributed by atoms with van der Waals surface area (Å²) in [4.78, 5) is 8.57. The molecule has 0 aliphatic carbocycles. The standard InChI is InChI=1S/C16H6Br4N2O8S2.2Na/c17-5-1-7-11(9(19)3-5)21-13(15(7)29-31(23,24)25)14-16(30-32(26,27)28)8-2-6(18)4-10(20)12(8)22-14;;/h1-4H,(H,23,24,25)(H,26,27,28);;/q;2*+1/p-2. The van der Waals surface area contributed by atoms with Gasteiger partial charge in [0.15, 0.2) is 11.5 Å². The Hall–Kier alpha value is 0.860. The fourth-order valence-corrected chi connectivity index (χ4v) is 6.35. The van der Waals surface area contributed by atoms with E-state index in [-0.39, 0.29) is 91.7 Å². The molecule has 0 saturated heterocycles. The normalized spacial score (nSPS) is 16.5. The second kappa shape index (κ2) is 11.3. The summed E-state index contributed by atoms with van der Waals surface area (Å²) in [6.45, 7) is 0. The molecule has 0 radical (unpaired) electrons. The Morgan fingerprint density at radius 2 is 0.971 bits per heavy atom. The molecule has 2 aliphatic rings. The van der Waals surface area contributed by atoms with Crippen molar-refractivity contribution in [1.82, 2.24) is 0 Å². The third-order valence-corrected chi connectivity index (χ3v) is 6.88. The first-order chi connectivity index (χ1) is 14.7. The van der Waals surface area contributed by atoms with E-state index >= 15 is 0 Å². The van der Waals surface area contributed by atoms with Gasteiger partial charge in [-0.25, -0.2) is 26.8 Å². The van der Waals surface area contributed by atoms with Crippen molar-refractivity contribution < 1.29 is 93.4 Å². The molecule has 0 aromatic heterocycles. The van der Waals surface area contributed by atoms with E-state index < -0.39 is 32.3 Å². The van der Waals surface area contributed by atoms with E-state index in [1.165, 1.54) is 12.1 Å². The van der Waals surface area contributed by atoms with E-state index in [9.17, 15) is 25.9 Å². The van der Waals surface area contributed by atoms with Crippen LogP contribution in [0.5, 0.6) is 0 Å². The van der Waals surface area contributed by atoms with Crippen LogP contribution in [-0.2, 0) is 29.2 Å². The summed E-state index contributed by atoms with van der Waals surface area (Å²) in [5, 5.41) is 0.572. The molecule has 0 fully saturated rings. The third-order valence-electron chi connectivity index (χ3n) is 4.02. The summed E-state index contributed by atoms with van der Waals surface area (Å²) >= 11 is 13.1. The molecule has 2 aliphatic heterocycles. The quantitative estimate of drug-likeness (QED) is 0.170.